The summed E-state index contributed by atoms with van der Waals surface area (Å²) < 4.78 is 43.4. The highest BCUT2D eigenvalue weighted by Crippen LogP contribution is 2.29. The molecule has 7 nitrogen and oxygen atoms in total. The molecule has 0 aliphatic carbocycles. The first-order chi connectivity index (χ1) is 16.3. The molecule has 34 heavy (non-hydrogen) atoms. The summed E-state index contributed by atoms with van der Waals surface area (Å²) in [7, 11) is 0. The van der Waals surface area contributed by atoms with Crippen LogP contribution in [0.15, 0.2) is 54.6 Å². The molecule has 0 saturated carbocycles. The molecule has 0 bridgehead atoms. The van der Waals surface area contributed by atoms with Crippen LogP contribution in [0.25, 0.3) is 0 Å². The first kappa shape index (κ1) is 23.5. The summed E-state index contributed by atoms with van der Waals surface area (Å²) in [5.74, 6) is 1.83. The van der Waals surface area contributed by atoms with Gasteiger partial charge in [-0.15, -0.1) is 0 Å². The predicted octanol–water partition coefficient (Wildman–Crippen LogP) is 4.57. The molecule has 2 heterocycles. The summed E-state index contributed by atoms with van der Waals surface area (Å²) in [5.41, 5.74) is 1.12. The van der Waals surface area contributed by atoms with E-state index in [0.29, 0.717) is 36.1 Å². The van der Waals surface area contributed by atoms with Gasteiger partial charge in [-0.2, -0.15) is 13.2 Å². The smallest absolute Gasteiger partial charge is 0.378 e. The van der Waals surface area contributed by atoms with E-state index in [1.54, 1.807) is 24.3 Å². The summed E-state index contributed by atoms with van der Waals surface area (Å²) in [6.07, 6.45) is -4.42. The third-order valence-electron chi connectivity index (χ3n) is 5.25. The van der Waals surface area contributed by atoms with Crippen LogP contribution in [0.4, 0.5) is 36.2 Å². The number of hydrogen-bond donors (Lipinski definition) is 2. The first-order valence-electron chi connectivity index (χ1n) is 10.8. The Bertz CT molecular complexity index is 1130. The van der Waals surface area contributed by atoms with Gasteiger partial charge < -0.3 is 20.3 Å². The maximum atomic E-state index is 12.7. The molecule has 0 unspecified atom stereocenters. The zero-order chi connectivity index (χ0) is 24.1. The minimum absolute atomic E-state index is 0.0251. The van der Waals surface area contributed by atoms with E-state index >= 15 is 0 Å². The van der Waals surface area contributed by atoms with Gasteiger partial charge in [0, 0.05) is 30.5 Å². The minimum Gasteiger partial charge on any atom is -0.378 e. The van der Waals surface area contributed by atoms with E-state index in [4.69, 9.17) is 4.74 Å². The number of aryl methyl sites for hydroxylation is 1. The Hall–Kier alpha value is -3.66. The van der Waals surface area contributed by atoms with Gasteiger partial charge in [-0.1, -0.05) is 12.1 Å². The Labute approximate surface area is 195 Å². The van der Waals surface area contributed by atoms with Crippen LogP contribution in [0.5, 0.6) is 0 Å². The molecule has 2 N–H and O–H groups in total. The molecule has 2 aromatic carbocycles. The maximum absolute atomic E-state index is 12.7. The number of nitrogens with zero attached hydrogens (tertiary/aromatic N) is 3. The van der Waals surface area contributed by atoms with Crippen molar-refractivity contribution < 1.29 is 22.7 Å². The fourth-order valence-electron chi connectivity index (χ4n) is 3.56. The number of rotatable bonds is 6. The van der Waals surface area contributed by atoms with Crippen molar-refractivity contribution in [3.05, 3.63) is 71.5 Å². The van der Waals surface area contributed by atoms with Crippen molar-refractivity contribution in [3.8, 4) is 0 Å². The Morgan fingerprint density at radius 3 is 2.29 bits per heavy atom. The molecule has 10 heteroatoms. The van der Waals surface area contributed by atoms with Crippen LogP contribution in [0.2, 0.25) is 0 Å². The van der Waals surface area contributed by atoms with Crippen LogP contribution in [0.3, 0.4) is 0 Å². The van der Waals surface area contributed by atoms with Crippen molar-refractivity contribution in [3.63, 3.8) is 0 Å². The van der Waals surface area contributed by atoms with Crippen LogP contribution < -0.4 is 15.5 Å². The van der Waals surface area contributed by atoms with Gasteiger partial charge in [0.25, 0.3) is 0 Å². The molecule has 0 radical (unpaired) electrons. The standard InChI is InChI=1S/C24H24F3N5O2/c1-16-28-21(15-22(29-16)32-10-12-34-13-11-32)30-19-6-8-20(9-7-19)31-23(33)14-17-2-4-18(5-3-17)24(25,26)27/h2-9,15H,10-14H2,1H3,(H,31,33)(H,28,29,30). The molecule has 0 spiro atoms. The molecule has 3 aromatic rings. The molecule has 1 saturated heterocycles. The average molecular weight is 471 g/mol. The van der Waals surface area contributed by atoms with Crippen LogP contribution in [0, 0.1) is 6.92 Å². The van der Waals surface area contributed by atoms with Gasteiger partial charge in [-0.05, 0) is 48.9 Å². The lowest BCUT2D eigenvalue weighted by atomic mass is 10.1. The van der Waals surface area contributed by atoms with Crippen LogP contribution in [-0.4, -0.2) is 42.2 Å². The summed E-state index contributed by atoms with van der Waals surface area (Å²) in [6.45, 7) is 4.72. The number of anilines is 4. The van der Waals surface area contributed by atoms with Crippen LogP contribution >= 0.6 is 0 Å². The quantitative estimate of drug-likeness (QED) is 0.549. The van der Waals surface area contributed by atoms with Crippen molar-refractivity contribution in [2.24, 2.45) is 0 Å². The fourth-order valence-corrected chi connectivity index (χ4v) is 3.56. The number of ether oxygens (including phenoxy) is 1. The number of alkyl halides is 3. The number of aromatic nitrogens is 2. The Balaban J connectivity index is 1.35. The molecule has 0 atom stereocenters. The molecular formula is C24H24F3N5O2. The van der Waals surface area contributed by atoms with Crippen molar-refractivity contribution in [2.75, 3.05) is 41.8 Å². The average Bonchev–Trinajstić information content (AvgIpc) is 2.80. The summed E-state index contributed by atoms with van der Waals surface area (Å²) in [4.78, 5) is 23.4. The van der Waals surface area contributed by atoms with Crippen LogP contribution in [0.1, 0.15) is 17.0 Å². The van der Waals surface area contributed by atoms with Crippen molar-refractivity contribution >= 4 is 28.9 Å². The van der Waals surface area contributed by atoms with E-state index in [1.165, 1.54) is 12.1 Å². The maximum Gasteiger partial charge on any atom is 0.416 e. The molecule has 1 aromatic heterocycles. The lowest BCUT2D eigenvalue weighted by molar-refractivity contribution is -0.137. The van der Waals surface area contributed by atoms with E-state index in [-0.39, 0.29) is 12.3 Å². The number of hydrogen-bond acceptors (Lipinski definition) is 6. The monoisotopic (exact) mass is 471 g/mol. The zero-order valence-electron chi connectivity index (χ0n) is 18.5. The molecule has 1 amide bonds. The topological polar surface area (TPSA) is 79.4 Å². The molecule has 1 aliphatic rings. The largest absolute Gasteiger partial charge is 0.416 e. The number of morpholine rings is 1. The van der Waals surface area contributed by atoms with Gasteiger partial charge >= 0.3 is 6.18 Å². The molecule has 178 valence electrons. The number of halogens is 3. The molecule has 1 fully saturated rings. The zero-order valence-corrected chi connectivity index (χ0v) is 18.5. The SMILES string of the molecule is Cc1nc(Nc2ccc(NC(=O)Cc3ccc(C(F)(F)F)cc3)cc2)cc(N2CCOCC2)n1. The van der Waals surface area contributed by atoms with E-state index in [9.17, 15) is 18.0 Å². The highest BCUT2D eigenvalue weighted by atomic mass is 19.4. The summed E-state index contributed by atoms with van der Waals surface area (Å²) in [5, 5.41) is 6.00. The fraction of sp³-hybridized carbons (Fsp3) is 0.292. The second kappa shape index (κ2) is 10.1. The molecule has 1 aliphatic heterocycles. The van der Waals surface area contributed by atoms with Crippen molar-refractivity contribution in [2.45, 2.75) is 19.5 Å². The van der Waals surface area contributed by atoms with Gasteiger partial charge in [-0.25, -0.2) is 9.97 Å². The van der Waals surface area contributed by atoms with Gasteiger partial charge in [0.05, 0.1) is 25.2 Å². The third kappa shape index (κ3) is 6.22. The van der Waals surface area contributed by atoms with Gasteiger partial charge in [0.1, 0.15) is 17.5 Å². The van der Waals surface area contributed by atoms with E-state index < -0.39 is 11.7 Å². The van der Waals surface area contributed by atoms with E-state index in [2.05, 4.69) is 25.5 Å². The molecular weight excluding hydrogens is 447 g/mol. The highest BCUT2D eigenvalue weighted by molar-refractivity contribution is 5.92. The number of carbonyl (C=O) groups excluding carboxylic acids is 1. The Kier molecular flexibility index (Phi) is 6.97. The van der Waals surface area contributed by atoms with Crippen molar-refractivity contribution in [1.29, 1.82) is 0 Å². The number of amides is 1. The predicted molar refractivity (Wildman–Crippen MR) is 123 cm³/mol. The minimum atomic E-state index is -4.40. The first-order valence-corrected chi connectivity index (χ1v) is 10.8. The van der Waals surface area contributed by atoms with Crippen LogP contribution in [-0.2, 0) is 22.1 Å². The lowest BCUT2D eigenvalue weighted by Gasteiger charge is -2.28. The summed E-state index contributed by atoms with van der Waals surface area (Å²) >= 11 is 0. The number of benzene rings is 2. The van der Waals surface area contributed by atoms with E-state index in [1.807, 2.05) is 13.0 Å². The second-order valence-electron chi connectivity index (χ2n) is 7.88. The van der Waals surface area contributed by atoms with Gasteiger partial charge in [0.2, 0.25) is 5.91 Å². The normalized spacial score (nSPS) is 14.1. The van der Waals surface area contributed by atoms with Crippen molar-refractivity contribution in [1.82, 2.24) is 9.97 Å². The lowest BCUT2D eigenvalue weighted by Crippen LogP contribution is -2.36. The highest BCUT2D eigenvalue weighted by Gasteiger charge is 2.30. The number of nitrogens with one attached hydrogen (secondary N) is 2. The van der Waals surface area contributed by atoms with Gasteiger partial charge in [0.15, 0.2) is 0 Å². The van der Waals surface area contributed by atoms with Gasteiger partial charge in [-0.3, -0.25) is 4.79 Å². The summed E-state index contributed by atoms with van der Waals surface area (Å²) in [6, 6.07) is 13.5. The van der Waals surface area contributed by atoms with E-state index in [0.717, 1.165) is 36.7 Å². The Morgan fingerprint density at radius 2 is 1.65 bits per heavy atom. The second-order valence-corrected chi connectivity index (χ2v) is 7.88. The molecule has 4 rings (SSSR count). The number of carbonyl (C=O) groups is 1. The Morgan fingerprint density at radius 1 is 1.00 bits per heavy atom. The third-order valence-corrected chi connectivity index (χ3v) is 5.25.